The summed E-state index contributed by atoms with van der Waals surface area (Å²) in [5, 5.41) is 0.235. The lowest BCUT2D eigenvalue weighted by molar-refractivity contribution is 0.0523. The number of fused-ring (bicyclic) bond motifs is 3. The quantitative estimate of drug-likeness (QED) is 0.357. The average molecular weight is 449 g/mol. The van der Waals surface area contributed by atoms with Crippen molar-refractivity contribution in [1.29, 1.82) is 0 Å². The van der Waals surface area contributed by atoms with Crippen LogP contribution in [0.15, 0.2) is 23.1 Å². The van der Waals surface area contributed by atoms with Gasteiger partial charge in [0.05, 0.1) is 24.6 Å². The molecule has 0 amide bonds. The maximum atomic E-state index is 12.7. The summed E-state index contributed by atoms with van der Waals surface area (Å²) in [4.78, 5) is 29.6. The van der Waals surface area contributed by atoms with E-state index in [1.807, 2.05) is 10.6 Å². The van der Waals surface area contributed by atoms with Crippen molar-refractivity contribution in [3.8, 4) is 17.1 Å². The minimum atomic E-state index is -0.618. The number of ether oxygens (including phenoxy) is 3. The third kappa shape index (κ3) is 4.93. The van der Waals surface area contributed by atoms with Crippen LogP contribution in [0.25, 0.3) is 11.4 Å². The molecular formula is C23H29ClN2O5. The molecule has 3 heterocycles. The molecule has 2 aromatic rings. The molecule has 0 spiro atoms. The molecule has 3 rings (SSSR count). The first-order valence-corrected chi connectivity index (χ1v) is 10.8. The van der Waals surface area contributed by atoms with Crippen molar-refractivity contribution < 1.29 is 19.0 Å². The monoisotopic (exact) mass is 448 g/mol. The summed E-state index contributed by atoms with van der Waals surface area (Å²) in [5.74, 6) is -0.102. The Balaban J connectivity index is 2.09. The highest BCUT2D eigenvalue weighted by molar-refractivity contribution is 6.31. The zero-order valence-electron chi connectivity index (χ0n) is 18.7. The van der Waals surface area contributed by atoms with Crippen molar-refractivity contribution in [2.24, 2.45) is 5.41 Å². The van der Waals surface area contributed by atoms with Crippen LogP contribution < -0.4 is 10.2 Å². The third-order valence-corrected chi connectivity index (χ3v) is 5.61. The fourth-order valence-corrected chi connectivity index (χ4v) is 3.96. The Bertz CT molecular complexity index is 1030. The number of halogens is 1. The molecule has 0 saturated carbocycles. The summed E-state index contributed by atoms with van der Waals surface area (Å²) in [5.41, 5.74) is 1.69. The number of methoxy groups -OCH3 is 1. The Morgan fingerprint density at radius 3 is 2.68 bits per heavy atom. The highest BCUT2D eigenvalue weighted by Gasteiger charge is 2.35. The molecule has 1 atom stereocenters. The van der Waals surface area contributed by atoms with E-state index >= 15 is 0 Å². The Hall–Kier alpha value is -2.38. The molecule has 168 valence electrons. The van der Waals surface area contributed by atoms with Gasteiger partial charge in [0.1, 0.15) is 5.56 Å². The molecule has 0 bridgehead atoms. The molecule has 0 radical (unpaired) electrons. The number of carbonyl (C=O) groups is 1. The van der Waals surface area contributed by atoms with E-state index in [0.717, 1.165) is 12.0 Å². The summed E-state index contributed by atoms with van der Waals surface area (Å²) in [6.45, 7) is 9.36. The predicted molar refractivity (Wildman–Crippen MR) is 119 cm³/mol. The highest BCUT2D eigenvalue weighted by Crippen LogP contribution is 2.43. The van der Waals surface area contributed by atoms with Gasteiger partial charge in [0.2, 0.25) is 0 Å². The van der Waals surface area contributed by atoms with Gasteiger partial charge >= 0.3 is 5.97 Å². The normalized spacial score (nSPS) is 15.2. The van der Waals surface area contributed by atoms with Crippen LogP contribution in [0, 0.1) is 5.41 Å². The standard InChI is InChI=1S/C23H29ClN2O5/c1-6-30-22(28)15-13-26-16(12-17(15)27)20-14(11-19(26)23(2,3)4)10-18(21(24)25-20)31-9-7-8-29-5/h10,12-13,19H,6-9,11H2,1-5H3. The summed E-state index contributed by atoms with van der Waals surface area (Å²) in [6, 6.07) is 3.35. The van der Waals surface area contributed by atoms with Crippen molar-refractivity contribution in [3.05, 3.63) is 44.8 Å². The Labute approximate surface area is 187 Å². The van der Waals surface area contributed by atoms with Gasteiger partial charge in [-0.2, -0.15) is 0 Å². The Morgan fingerprint density at radius 1 is 1.29 bits per heavy atom. The molecule has 1 aliphatic heterocycles. The Morgan fingerprint density at radius 2 is 2.03 bits per heavy atom. The van der Waals surface area contributed by atoms with E-state index in [4.69, 9.17) is 25.8 Å². The second-order valence-corrected chi connectivity index (χ2v) is 8.99. The van der Waals surface area contributed by atoms with Gasteiger partial charge in [-0.1, -0.05) is 32.4 Å². The van der Waals surface area contributed by atoms with Gasteiger partial charge in [-0.15, -0.1) is 0 Å². The van der Waals surface area contributed by atoms with E-state index in [0.29, 0.717) is 36.8 Å². The molecule has 0 saturated heterocycles. The van der Waals surface area contributed by atoms with Crippen molar-refractivity contribution in [1.82, 2.24) is 9.55 Å². The van der Waals surface area contributed by atoms with E-state index < -0.39 is 11.4 Å². The van der Waals surface area contributed by atoms with Gasteiger partial charge in [-0.05, 0) is 30.4 Å². The molecule has 0 aromatic carbocycles. The molecule has 7 nitrogen and oxygen atoms in total. The largest absolute Gasteiger partial charge is 0.490 e. The maximum Gasteiger partial charge on any atom is 0.343 e. The van der Waals surface area contributed by atoms with Crippen LogP contribution in [-0.4, -0.2) is 42.5 Å². The SMILES string of the molecule is CCOC(=O)c1cn2c(cc1=O)-c1nc(Cl)c(OCCCOC)cc1CC2C(C)(C)C. The summed E-state index contributed by atoms with van der Waals surface area (Å²) in [6.07, 6.45) is 3.00. The lowest BCUT2D eigenvalue weighted by Gasteiger charge is -2.38. The van der Waals surface area contributed by atoms with Crippen molar-refractivity contribution in [2.75, 3.05) is 26.9 Å². The lowest BCUT2D eigenvalue weighted by Crippen LogP contribution is -2.33. The number of hydrogen-bond donors (Lipinski definition) is 0. The molecule has 31 heavy (non-hydrogen) atoms. The molecule has 0 N–H and O–H groups in total. The topological polar surface area (TPSA) is 79.7 Å². The first-order valence-electron chi connectivity index (χ1n) is 10.4. The van der Waals surface area contributed by atoms with Crippen molar-refractivity contribution in [2.45, 2.75) is 46.6 Å². The van der Waals surface area contributed by atoms with Gasteiger partial charge in [-0.3, -0.25) is 4.79 Å². The first-order chi connectivity index (χ1) is 14.7. The van der Waals surface area contributed by atoms with Crippen LogP contribution in [0.4, 0.5) is 0 Å². The van der Waals surface area contributed by atoms with Gasteiger partial charge in [-0.25, -0.2) is 9.78 Å². The smallest absolute Gasteiger partial charge is 0.343 e. The zero-order chi connectivity index (χ0) is 22.8. The first kappa shape index (κ1) is 23.3. The van der Waals surface area contributed by atoms with Gasteiger partial charge in [0, 0.05) is 38.4 Å². The number of aromatic nitrogens is 2. The molecule has 8 heteroatoms. The summed E-state index contributed by atoms with van der Waals surface area (Å²) >= 11 is 6.40. The minimum Gasteiger partial charge on any atom is -0.490 e. The molecule has 1 unspecified atom stereocenters. The van der Waals surface area contributed by atoms with E-state index in [2.05, 4.69) is 25.8 Å². The van der Waals surface area contributed by atoms with Crippen LogP contribution in [0.3, 0.4) is 0 Å². The van der Waals surface area contributed by atoms with Crippen molar-refractivity contribution in [3.63, 3.8) is 0 Å². The highest BCUT2D eigenvalue weighted by atomic mass is 35.5. The van der Waals surface area contributed by atoms with Crippen LogP contribution in [0.5, 0.6) is 5.75 Å². The second kappa shape index (κ2) is 9.40. The van der Waals surface area contributed by atoms with E-state index in [1.165, 1.54) is 6.07 Å². The van der Waals surface area contributed by atoms with Gasteiger partial charge in [0.15, 0.2) is 16.3 Å². The number of pyridine rings is 2. The van der Waals surface area contributed by atoms with Crippen LogP contribution >= 0.6 is 11.6 Å². The number of esters is 1. The van der Waals surface area contributed by atoms with Crippen LogP contribution in [-0.2, 0) is 15.9 Å². The average Bonchev–Trinajstić information content (AvgIpc) is 2.70. The fraction of sp³-hybridized carbons (Fsp3) is 0.522. The summed E-state index contributed by atoms with van der Waals surface area (Å²) in [7, 11) is 1.65. The van der Waals surface area contributed by atoms with Crippen molar-refractivity contribution >= 4 is 17.6 Å². The number of rotatable bonds is 7. The molecular weight excluding hydrogens is 420 g/mol. The lowest BCUT2D eigenvalue weighted by atomic mass is 9.80. The predicted octanol–water partition coefficient (Wildman–Crippen LogP) is 4.30. The van der Waals surface area contributed by atoms with Gasteiger partial charge in [0.25, 0.3) is 0 Å². The molecule has 0 fully saturated rings. The number of hydrogen-bond acceptors (Lipinski definition) is 6. The van der Waals surface area contributed by atoms with Crippen LogP contribution in [0.1, 0.15) is 56.1 Å². The van der Waals surface area contributed by atoms with E-state index in [1.54, 1.807) is 20.2 Å². The number of carbonyl (C=O) groups excluding carboxylic acids is 1. The van der Waals surface area contributed by atoms with Crippen LogP contribution in [0.2, 0.25) is 5.15 Å². The Kier molecular flexibility index (Phi) is 7.06. The number of nitrogens with zero attached hydrogens (tertiary/aromatic N) is 2. The van der Waals surface area contributed by atoms with E-state index in [-0.39, 0.29) is 28.8 Å². The second-order valence-electron chi connectivity index (χ2n) is 8.63. The maximum absolute atomic E-state index is 12.7. The van der Waals surface area contributed by atoms with E-state index in [9.17, 15) is 9.59 Å². The minimum absolute atomic E-state index is 0.00639. The zero-order valence-corrected chi connectivity index (χ0v) is 19.4. The van der Waals surface area contributed by atoms with Gasteiger partial charge < -0.3 is 18.8 Å². The fourth-order valence-electron chi connectivity index (χ4n) is 3.76. The molecule has 2 aromatic heterocycles. The third-order valence-electron chi connectivity index (χ3n) is 5.34. The summed E-state index contributed by atoms with van der Waals surface area (Å²) < 4.78 is 17.9. The molecule has 0 aliphatic carbocycles. The molecule has 1 aliphatic rings.